The van der Waals surface area contributed by atoms with Crippen molar-refractivity contribution in [3.8, 4) is 22.5 Å². The quantitative estimate of drug-likeness (QED) is 0.0382. The minimum atomic E-state index is -0.652. The van der Waals surface area contributed by atoms with E-state index in [1.165, 1.54) is 47.8 Å². The van der Waals surface area contributed by atoms with E-state index in [9.17, 15) is 43.4 Å². The predicted molar refractivity (Wildman–Crippen MR) is 485 cm³/mol. The van der Waals surface area contributed by atoms with Crippen LogP contribution < -0.4 is 21.7 Å². The standard InChI is InChI=1S/C31H35F2N7O2.C26H27F2N7.C15H19N3O4.C15H23N3O2.C5H3BrN2O2/c1-30(2,3)42-29(41)39-12-9-18(10-13-39)19-6-7-24(34-16-19)36-28-35-17-22(33)26(38-28)20-14-21(32)27-23(15-20)40-25(37-27)8-11-31(40,4)5;1-26(2)8-5-22-33-24-18(27)11-17(12-20(24)35(22)26)23-19(28)14-31-25(34-23)32-21-4-3-16(13-30-21)15-6-9-29-10-7-15;1-15(2,3)22-14(19)17-8-6-11(7-9-17)12-4-5-13(16-10-12)18(20)21;1-15(2,3)20-14(19)18-8-6-11(7-9-18)12-4-5-13(16)17-10-12;6-4-1-2-5(7-3-4)8(9)10/h6-7,14-18H,8-13H2,1-5H3,(H,34,35,36,38);3-4,11-15,29H,5-10H2,1-2H3,(H,30,31,32,34);4-6,10H,7-9H2,1-3H3;4-5,10-11H,6-9H2,1-3H3,(H2,16,17);1-3H. The van der Waals surface area contributed by atoms with Crippen LogP contribution in [0.25, 0.3) is 50.2 Å². The summed E-state index contributed by atoms with van der Waals surface area (Å²) in [5, 5.41) is 30.1. The summed E-state index contributed by atoms with van der Waals surface area (Å²) in [5.74, 6) is 2.29. The summed E-state index contributed by atoms with van der Waals surface area (Å²) in [5.41, 5.74) is 11.6. The number of anilines is 5. The number of likely N-dealkylation sites (tertiary alicyclic amines) is 2. The number of piperidine rings is 3. The highest BCUT2D eigenvalue weighted by Gasteiger charge is 2.37. The van der Waals surface area contributed by atoms with E-state index < -0.39 is 49.9 Å². The molecule has 32 nitrogen and oxygen atoms in total. The SMILES string of the molecule is CC(C)(C)OC(=O)N1CC=C(c2ccc([N+](=O)[O-])nc2)CC1.CC(C)(C)OC(=O)N1CCC(c2ccc(N)nc2)CC1.CC(C)(C)OC(=O)N1CCC(c2ccc(Nc3ncc(F)c(-c4cc(F)c5nc6n(c5c4)C(C)(C)CC6)n3)nc2)CC1.CC1(C)CCc2nc3c(F)cc(-c4nc(Nc5ccc(C6CCNCC6)cn5)ncc4F)cc3n21.O=[N+]([O-])c1ccc(Br)cn1. The normalized spacial score (nSPS) is 16.3. The van der Waals surface area contributed by atoms with Crippen molar-refractivity contribution in [1.29, 1.82) is 0 Å². The minimum Gasteiger partial charge on any atom is -0.444 e. The van der Waals surface area contributed by atoms with E-state index in [2.05, 4.69) is 125 Å². The number of carbonyl (C=O) groups excluding carboxylic acids is 3. The van der Waals surface area contributed by atoms with Gasteiger partial charge in [-0.25, -0.2) is 76.8 Å². The highest BCUT2D eigenvalue weighted by atomic mass is 79.9. The number of benzene rings is 2. The molecule has 0 atom stereocenters. The highest BCUT2D eigenvalue weighted by molar-refractivity contribution is 9.10. The molecule has 680 valence electrons. The predicted octanol–water partition coefficient (Wildman–Crippen LogP) is 19.3. The lowest BCUT2D eigenvalue weighted by molar-refractivity contribution is -0.389. The van der Waals surface area contributed by atoms with Crippen molar-refractivity contribution < 1.29 is 56.0 Å². The summed E-state index contributed by atoms with van der Waals surface area (Å²) in [7, 11) is 0. The Bertz CT molecular complexity index is 5910. The molecule has 0 aliphatic carbocycles. The molecule has 3 amide bonds. The molecular formula is C92H107BrF4N22O10. The number of nitrogens with zero attached hydrogens (tertiary/aromatic N) is 18. The van der Waals surface area contributed by atoms with Crippen LogP contribution in [0.3, 0.4) is 0 Å². The fourth-order valence-corrected chi connectivity index (χ4v) is 16.4. The summed E-state index contributed by atoms with van der Waals surface area (Å²) in [6.07, 6.45) is 21.4. The van der Waals surface area contributed by atoms with Gasteiger partial charge in [0, 0.05) is 111 Å². The van der Waals surface area contributed by atoms with Crippen molar-refractivity contribution in [1.82, 2.24) is 84.0 Å². The van der Waals surface area contributed by atoms with Crippen molar-refractivity contribution in [2.24, 2.45) is 0 Å². The van der Waals surface area contributed by atoms with Gasteiger partial charge in [0.25, 0.3) is 0 Å². The van der Waals surface area contributed by atoms with E-state index in [0.29, 0.717) is 89.6 Å². The Morgan fingerprint density at radius 1 is 0.481 bits per heavy atom. The van der Waals surface area contributed by atoms with Gasteiger partial charge in [-0.1, -0.05) is 24.3 Å². The van der Waals surface area contributed by atoms with E-state index in [4.69, 9.17) is 19.9 Å². The summed E-state index contributed by atoms with van der Waals surface area (Å²) in [6, 6.07) is 23.7. The van der Waals surface area contributed by atoms with Gasteiger partial charge in [-0.2, -0.15) is 0 Å². The Morgan fingerprint density at radius 2 is 0.899 bits per heavy atom. The molecule has 0 bridgehead atoms. The molecule has 0 unspecified atom stereocenters. The molecule has 129 heavy (non-hydrogen) atoms. The molecule has 0 radical (unpaired) electrons. The van der Waals surface area contributed by atoms with Gasteiger partial charge in [-0.15, -0.1) is 0 Å². The summed E-state index contributed by atoms with van der Waals surface area (Å²) < 4.78 is 81.0. The van der Waals surface area contributed by atoms with E-state index in [-0.39, 0.29) is 75.7 Å². The Hall–Kier alpha value is -12.8. The molecule has 2 aromatic carbocycles. The molecule has 37 heteroatoms. The lowest BCUT2D eigenvalue weighted by Crippen LogP contribution is -2.41. The van der Waals surface area contributed by atoms with Crippen LogP contribution in [0.2, 0.25) is 0 Å². The molecule has 3 saturated heterocycles. The smallest absolute Gasteiger partial charge is 0.410 e. The molecule has 9 aromatic heterocycles. The van der Waals surface area contributed by atoms with Gasteiger partial charge in [0.05, 0.1) is 27.9 Å². The van der Waals surface area contributed by atoms with Crippen molar-refractivity contribution in [3.63, 3.8) is 0 Å². The summed E-state index contributed by atoms with van der Waals surface area (Å²) in [4.78, 5) is 107. The van der Waals surface area contributed by atoms with E-state index in [0.717, 1.165) is 136 Å². The Kier molecular flexibility index (Phi) is 28.7. The fraction of sp³-hybridized carbons (Fsp3) is 0.435. The van der Waals surface area contributed by atoms with Gasteiger partial charge < -0.3 is 80.0 Å². The maximum Gasteiger partial charge on any atom is 0.410 e. The summed E-state index contributed by atoms with van der Waals surface area (Å²) in [6.45, 7) is 30.9. The van der Waals surface area contributed by atoms with Crippen LogP contribution in [0.1, 0.15) is 199 Å². The third kappa shape index (κ3) is 24.0. The molecule has 17 rings (SSSR count). The number of fused-ring (bicyclic) bond motifs is 6. The number of imidazole rings is 2. The topological polar surface area (TPSA) is 389 Å². The zero-order valence-electron chi connectivity index (χ0n) is 74.5. The third-order valence-corrected chi connectivity index (χ3v) is 23.2. The van der Waals surface area contributed by atoms with Crippen LogP contribution in [0.5, 0.6) is 0 Å². The Labute approximate surface area is 752 Å². The van der Waals surface area contributed by atoms with Gasteiger partial charge in [0.15, 0.2) is 29.5 Å². The monoisotopic (exact) mass is 1830 g/mol. The molecule has 11 aromatic rings. The number of rotatable bonds is 12. The lowest BCUT2D eigenvalue weighted by atomic mass is 9.90. The molecule has 6 aliphatic heterocycles. The van der Waals surface area contributed by atoms with Gasteiger partial charge in [0.2, 0.25) is 11.9 Å². The Balaban J connectivity index is 0.000000147. The van der Waals surface area contributed by atoms with Crippen LogP contribution in [0, 0.1) is 43.5 Å². The second kappa shape index (κ2) is 39.4. The maximum atomic E-state index is 15.1. The van der Waals surface area contributed by atoms with Crippen LogP contribution in [0.15, 0.2) is 139 Å². The second-order valence-electron chi connectivity index (χ2n) is 36.7. The van der Waals surface area contributed by atoms with Crippen LogP contribution >= 0.6 is 15.9 Å². The first-order valence-electron chi connectivity index (χ1n) is 42.9. The number of pyridine rings is 5. The number of aryl methyl sites for hydroxylation is 2. The highest BCUT2D eigenvalue weighted by Crippen LogP contribution is 2.42. The molecule has 15 heterocycles. The molecule has 3 fully saturated rings. The van der Waals surface area contributed by atoms with Gasteiger partial charge >= 0.3 is 29.9 Å². The molecule has 6 aliphatic rings. The zero-order chi connectivity index (χ0) is 92.6. The number of amides is 3. The number of halogens is 5. The van der Waals surface area contributed by atoms with Crippen molar-refractivity contribution in [2.75, 3.05) is 68.7 Å². The number of nitrogens with two attached hydrogens (primary N) is 1. The largest absolute Gasteiger partial charge is 0.444 e. The lowest BCUT2D eigenvalue weighted by Gasteiger charge is -2.33. The Morgan fingerprint density at radius 3 is 1.27 bits per heavy atom. The number of nitrogen functional groups attached to an aromatic ring is 1. The third-order valence-electron chi connectivity index (χ3n) is 22.7. The van der Waals surface area contributed by atoms with E-state index in [1.54, 1.807) is 45.2 Å². The second-order valence-corrected chi connectivity index (χ2v) is 37.6. The number of hydrogen-bond donors (Lipinski definition) is 4. The van der Waals surface area contributed by atoms with Crippen molar-refractivity contribution >= 4 is 103 Å². The zero-order valence-corrected chi connectivity index (χ0v) is 76.1. The first-order chi connectivity index (χ1) is 61.1. The average Bonchev–Trinajstić information content (AvgIpc) is 1.59. The number of ether oxygens (including phenoxy) is 3. The number of nitro groups is 2. The van der Waals surface area contributed by atoms with Gasteiger partial charge in [-0.3, -0.25) is 0 Å². The summed E-state index contributed by atoms with van der Waals surface area (Å²) >= 11 is 3.11. The van der Waals surface area contributed by atoms with Crippen molar-refractivity contribution in [3.05, 3.63) is 216 Å². The molecule has 0 spiro atoms. The van der Waals surface area contributed by atoms with Crippen LogP contribution in [-0.4, -0.2) is 176 Å². The number of carbonyl (C=O) groups is 3. The maximum absolute atomic E-state index is 15.1. The first kappa shape index (κ1) is 93.8. The van der Waals surface area contributed by atoms with E-state index >= 15 is 8.78 Å². The average molecular weight is 1840 g/mol. The number of hydrogen-bond acceptors (Lipinski definition) is 25. The number of nitrogens with one attached hydrogen (secondary N) is 3. The molecule has 5 N–H and O–H groups in total. The first-order valence-corrected chi connectivity index (χ1v) is 43.7. The van der Waals surface area contributed by atoms with Gasteiger partial charge in [-0.05, 0) is 291 Å². The molecule has 0 saturated carbocycles. The fourth-order valence-electron chi connectivity index (χ4n) is 16.2. The van der Waals surface area contributed by atoms with Crippen molar-refractivity contribution in [2.45, 2.75) is 206 Å². The van der Waals surface area contributed by atoms with Crippen LogP contribution in [-0.2, 0) is 38.1 Å². The minimum absolute atomic E-state index is 0.00646. The number of aromatic nitrogens is 13. The van der Waals surface area contributed by atoms with Crippen LogP contribution in [0.4, 0.5) is 72.9 Å². The molecular weight excluding hydrogens is 1730 g/mol. The van der Waals surface area contributed by atoms with Gasteiger partial charge in [0.1, 0.15) is 74.5 Å². The van der Waals surface area contributed by atoms with E-state index in [1.807, 2.05) is 116 Å².